The molecule has 0 aromatic heterocycles. The summed E-state index contributed by atoms with van der Waals surface area (Å²) >= 11 is 3.46. The molecule has 2 aliphatic heterocycles. The van der Waals surface area contributed by atoms with Crippen LogP contribution in [0.1, 0.15) is 29.6 Å². The monoisotopic (exact) mass is 518 g/mol. The normalized spacial score (nSPS) is 18.1. The van der Waals surface area contributed by atoms with Gasteiger partial charge in [0.1, 0.15) is 11.6 Å². The molecule has 4 rings (SSSR count). The summed E-state index contributed by atoms with van der Waals surface area (Å²) in [6.07, 6.45) is 1.66. The molecular weight excluding hydrogens is 491 g/mol. The number of morpholine rings is 1. The highest BCUT2D eigenvalue weighted by Gasteiger charge is 2.40. The van der Waals surface area contributed by atoms with Gasteiger partial charge in [0.25, 0.3) is 5.91 Å². The van der Waals surface area contributed by atoms with Crippen molar-refractivity contribution < 1.29 is 23.5 Å². The van der Waals surface area contributed by atoms with Crippen LogP contribution >= 0.6 is 15.9 Å². The Balaban J connectivity index is 1.45. The lowest BCUT2D eigenvalue weighted by molar-refractivity contribution is -0.139. The third-order valence-corrected chi connectivity index (χ3v) is 7.16. The Hall–Kier alpha value is -2.45. The van der Waals surface area contributed by atoms with Gasteiger partial charge in [0, 0.05) is 42.5 Å². The van der Waals surface area contributed by atoms with Gasteiger partial charge in [0.05, 0.1) is 25.4 Å². The molecule has 0 unspecified atom stereocenters. The summed E-state index contributed by atoms with van der Waals surface area (Å²) in [6, 6.07) is 13.3. The van der Waals surface area contributed by atoms with Crippen LogP contribution in [0, 0.1) is 11.2 Å². The number of nitrogens with zero attached hydrogens (tertiary/aromatic N) is 2. The van der Waals surface area contributed by atoms with E-state index < -0.39 is 5.41 Å². The maximum absolute atomic E-state index is 13.3. The summed E-state index contributed by atoms with van der Waals surface area (Å²) in [5.74, 6) is 0.321. The molecule has 6 nitrogen and oxygen atoms in total. The van der Waals surface area contributed by atoms with Gasteiger partial charge in [-0.3, -0.25) is 9.59 Å². The topological polar surface area (TPSA) is 59.1 Å². The van der Waals surface area contributed by atoms with Gasteiger partial charge in [-0.2, -0.15) is 0 Å². The molecule has 2 amide bonds. The second-order valence-corrected chi connectivity index (χ2v) is 9.54. The minimum atomic E-state index is -0.394. The van der Waals surface area contributed by atoms with Crippen LogP contribution in [0.25, 0.3) is 0 Å². The molecule has 2 aromatic carbocycles. The van der Waals surface area contributed by atoms with Crippen LogP contribution in [0.15, 0.2) is 53.0 Å². The first-order valence-corrected chi connectivity index (χ1v) is 12.0. The molecule has 0 radical (unpaired) electrons. The van der Waals surface area contributed by atoms with Gasteiger partial charge < -0.3 is 19.3 Å². The quantitative estimate of drug-likeness (QED) is 0.576. The first-order valence-electron chi connectivity index (χ1n) is 11.2. The molecule has 0 spiro atoms. The second-order valence-electron chi connectivity index (χ2n) is 8.68. The van der Waals surface area contributed by atoms with Crippen LogP contribution in [0.4, 0.5) is 4.39 Å². The lowest BCUT2D eigenvalue weighted by Crippen LogP contribution is -2.49. The minimum Gasteiger partial charge on any atom is -0.493 e. The van der Waals surface area contributed by atoms with E-state index in [1.54, 1.807) is 12.1 Å². The molecule has 2 fully saturated rings. The number of carbonyl (C=O) groups is 2. The van der Waals surface area contributed by atoms with E-state index in [-0.39, 0.29) is 17.6 Å². The Labute approximate surface area is 201 Å². The van der Waals surface area contributed by atoms with E-state index in [0.717, 1.165) is 4.47 Å². The number of halogens is 2. The van der Waals surface area contributed by atoms with Crippen molar-refractivity contribution in [3.8, 4) is 5.75 Å². The Bertz CT molecular complexity index is 971. The summed E-state index contributed by atoms with van der Waals surface area (Å²) in [4.78, 5) is 29.8. The van der Waals surface area contributed by atoms with Crippen molar-refractivity contribution >= 4 is 27.7 Å². The highest BCUT2D eigenvalue weighted by molar-refractivity contribution is 9.10. The fraction of sp³-hybridized carbons (Fsp3) is 0.440. The van der Waals surface area contributed by atoms with Crippen LogP contribution in [0.5, 0.6) is 5.75 Å². The van der Waals surface area contributed by atoms with E-state index in [0.29, 0.717) is 76.6 Å². The van der Waals surface area contributed by atoms with Gasteiger partial charge >= 0.3 is 0 Å². The summed E-state index contributed by atoms with van der Waals surface area (Å²) in [6.45, 7) is 3.73. The van der Waals surface area contributed by atoms with Gasteiger partial charge in [0.15, 0.2) is 0 Å². The molecule has 33 heavy (non-hydrogen) atoms. The fourth-order valence-corrected chi connectivity index (χ4v) is 4.83. The van der Waals surface area contributed by atoms with Gasteiger partial charge in [-0.25, -0.2) is 4.39 Å². The molecule has 176 valence electrons. The Morgan fingerprint density at radius 1 is 0.970 bits per heavy atom. The first-order chi connectivity index (χ1) is 16.0. The largest absolute Gasteiger partial charge is 0.493 e. The lowest BCUT2D eigenvalue weighted by Gasteiger charge is -2.42. The maximum Gasteiger partial charge on any atom is 0.254 e. The van der Waals surface area contributed by atoms with Crippen LogP contribution in [0.2, 0.25) is 0 Å². The predicted molar refractivity (Wildman–Crippen MR) is 126 cm³/mol. The summed E-state index contributed by atoms with van der Waals surface area (Å²) in [5, 5.41) is 0. The minimum absolute atomic E-state index is 0.0185. The van der Waals surface area contributed by atoms with Gasteiger partial charge in [-0.15, -0.1) is 0 Å². The summed E-state index contributed by atoms with van der Waals surface area (Å²) < 4.78 is 25.4. The molecular formula is C25H28BrFN2O4. The number of benzene rings is 2. The van der Waals surface area contributed by atoms with Gasteiger partial charge in [-0.1, -0.05) is 12.1 Å². The molecule has 2 heterocycles. The molecule has 2 aliphatic rings. The van der Waals surface area contributed by atoms with E-state index in [4.69, 9.17) is 9.47 Å². The van der Waals surface area contributed by atoms with Crippen molar-refractivity contribution in [3.63, 3.8) is 0 Å². The zero-order valence-electron chi connectivity index (χ0n) is 18.5. The van der Waals surface area contributed by atoms with Crippen molar-refractivity contribution in [1.82, 2.24) is 9.80 Å². The first kappa shape index (κ1) is 23.7. The number of piperidine rings is 1. The van der Waals surface area contributed by atoms with Crippen LogP contribution < -0.4 is 4.74 Å². The van der Waals surface area contributed by atoms with Crippen LogP contribution in [-0.2, 0) is 9.53 Å². The standard InChI is InChI=1S/C25H28BrFN2O4/c26-22-4-2-1-3-21(22)24(31)29-11-9-25(10-12-29,17-23(30)28-13-15-32-16-14-28)18-33-20-7-5-19(27)6-8-20/h1-8H,9-18H2. The number of rotatable bonds is 6. The van der Waals surface area contributed by atoms with Crippen LogP contribution in [0.3, 0.4) is 0 Å². The van der Waals surface area contributed by atoms with Crippen molar-refractivity contribution in [2.75, 3.05) is 46.0 Å². The smallest absolute Gasteiger partial charge is 0.254 e. The molecule has 2 saturated heterocycles. The van der Waals surface area contributed by atoms with Crippen LogP contribution in [-0.4, -0.2) is 67.6 Å². The highest BCUT2D eigenvalue weighted by Crippen LogP contribution is 2.37. The van der Waals surface area contributed by atoms with E-state index >= 15 is 0 Å². The molecule has 0 saturated carbocycles. The zero-order chi connectivity index (χ0) is 23.3. The molecule has 8 heteroatoms. The molecule has 2 aromatic rings. The van der Waals surface area contributed by atoms with Crippen molar-refractivity contribution in [3.05, 3.63) is 64.4 Å². The van der Waals surface area contributed by atoms with E-state index in [1.807, 2.05) is 34.1 Å². The average Bonchev–Trinajstić information content (AvgIpc) is 2.85. The molecule has 0 aliphatic carbocycles. The third-order valence-electron chi connectivity index (χ3n) is 6.46. The maximum atomic E-state index is 13.3. The van der Waals surface area contributed by atoms with Gasteiger partial charge in [0.2, 0.25) is 5.91 Å². The number of likely N-dealkylation sites (tertiary alicyclic amines) is 1. The van der Waals surface area contributed by atoms with E-state index in [9.17, 15) is 14.0 Å². The average molecular weight is 519 g/mol. The Morgan fingerprint density at radius 2 is 1.64 bits per heavy atom. The second kappa shape index (κ2) is 10.7. The van der Waals surface area contributed by atoms with Crippen molar-refractivity contribution in [2.45, 2.75) is 19.3 Å². The molecule has 0 atom stereocenters. The SMILES string of the molecule is O=C(CC1(COc2ccc(F)cc2)CCN(C(=O)c2ccccc2Br)CC1)N1CCOCC1. The van der Waals surface area contributed by atoms with E-state index in [1.165, 1.54) is 12.1 Å². The number of hydrogen-bond donors (Lipinski definition) is 0. The number of ether oxygens (including phenoxy) is 2. The number of amides is 2. The number of carbonyl (C=O) groups excluding carboxylic acids is 2. The van der Waals surface area contributed by atoms with Crippen molar-refractivity contribution in [2.24, 2.45) is 5.41 Å². The van der Waals surface area contributed by atoms with Crippen molar-refractivity contribution in [1.29, 1.82) is 0 Å². The molecule has 0 N–H and O–H groups in total. The third kappa shape index (κ3) is 5.92. The zero-order valence-corrected chi connectivity index (χ0v) is 20.1. The highest BCUT2D eigenvalue weighted by atomic mass is 79.9. The number of hydrogen-bond acceptors (Lipinski definition) is 4. The van der Waals surface area contributed by atoms with E-state index in [2.05, 4.69) is 15.9 Å². The predicted octanol–water partition coefficient (Wildman–Crippen LogP) is 4.14. The lowest BCUT2D eigenvalue weighted by atomic mass is 9.75. The van der Waals surface area contributed by atoms with Gasteiger partial charge in [-0.05, 0) is 65.2 Å². The summed E-state index contributed by atoms with van der Waals surface area (Å²) in [7, 11) is 0. The molecule has 0 bridgehead atoms. The summed E-state index contributed by atoms with van der Waals surface area (Å²) in [5.41, 5.74) is 0.242. The fourth-order valence-electron chi connectivity index (χ4n) is 4.37. The Morgan fingerprint density at radius 3 is 2.30 bits per heavy atom. The Kier molecular flexibility index (Phi) is 7.65.